The van der Waals surface area contributed by atoms with Crippen LogP contribution in [0.15, 0.2) is 48.5 Å². The van der Waals surface area contributed by atoms with Crippen LogP contribution in [0.4, 0.5) is 8.78 Å². The van der Waals surface area contributed by atoms with E-state index >= 15 is 0 Å². The van der Waals surface area contributed by atoms with Gasteiger partial charge in [0.25, 0.3) is 12.3 Å². The van der Waals surface area contributed by atoms with Gasteiger partial charge in [0.1, 0.15) is 24.9 Å². The SMILES string of the molecule is Cc1cccc(C(=O)N[C@@H](CS(=O)(=O)Cc2ccccc2OCC(F)F)C(=O)NCC#N)c1. The van der Waals surface area contributed by atoms with E-state index in [1.54, 1.807) is 31.2 Å². The van der Waals surface area contributed by atoms with Gasteiger partial charge >= 0.3 is 0 Å². The van der Waals surface area contributed by atoms with Crippen molar-refractivity contribution < 1.29 is 31.5 Å². The maximum atomic E-state index is 12.9. The lowest BCUT2D eigenvalue weighted by Gasteiger charge is -2.19. The number of alkyl halides is 2. The highest BCUT2D eigenvalue weighted by Crippen LogP contribution is 2.22. The zero-order chi connectivity index (χ0) is 24.4. The zero-order valence-electron chi connectivity index (χ0n) is 17.8. The Morgan fingerprint density at radius 2 is 1.88 bits per heavy atom. The molecule has 0 radical (unpaired) electrons. The van der Waals surface area contributed by atoms with Crippen molar-refractivity contribution in [3.8, 4) is 11.8 Å². The average molecular weight is 480 g/mol. The molecule has 0 heterocycles. The summed E-state index contributed by atoms with van der Waals surface area (Å²) in [6.45, 7) is 0.495. The van der Waals surface area contributed by atoms with Crippen LogP contribution in [0.2, 0.25) is 0 Å². The van der Waals surface area contributed by atoms with E-state index < -0.39 is 52.2 Å². The molecule has 33 heavy (non-hydrogen) atoms. The molecule has 0 aromatic heterocycles. The van der Waals surface area contributed by atoms with Crippen LogP contribution in [0.3, 0.4) is 0 Å². The largest absolute Gasteiger partial charge is 0.487 e. The number of nitrogens with zero attached hydrogens (tertiary/aromatic N) is 1. The van der Waals surface area contributed by atoms with E-state index in [0.29, 0.717) is 0 Å². The molecular formula is C22H23F2N3O5S. The molecule has 0 saturated heterocycles. The number of nitriles is 1. The van der Waals surface area contributed by atoms with E-state index in [1.807, 2.05) is 0 Å². The number of ether oxygens (including phenoxy) is 1. The van der Waals surface area contributed by atoms with Crippen LogP contribution in [0.25, 0.3) is 0 Å². The fourth-order valence-corrected chi connectivity index (χ4v) is 4.50. The molecule has 1 atom stereocenters. The van der Waals surface area contributed by atoms with Crippen molar-refractivity contribution in [2.24, 2.45) is 0 Å². The molecule has 2 rings (SSSR count). The number of nitrogens with one attached hydrogen (secondary N) is 2. The topological polar surface area (TPSA) is 125 Å². The number of halogens is 2. The summed E-state index contributed by atoms with van der Waals surface area (Å²) in [6, 6.07) is 12.5. The van der Waals surface area contributed by atoms with Gasteiger partial charge in [-0.15, -0.1) is 0 Å². The molecular weight excluding hydrogens is 456 g/mol. The maximum absolute atomic E-state index is 12.9. The maximum Gasteiger partial charge on any atom is 0.272 e. The monoisotopic (exact) mass is 479 g/mol. The molecule has 0 fully saturated rings. The number of hydrogen-bond donors (Lipinski definition) is 2. The van der Waals surface area contributed by atoms with Crippen molar-refractivity contribution in [2.45, 2.75) is 25.1 Å². The number of carbonyl (C=O) groups is 2. The van der Waals surface area contributed by atoms with Crippen LogP contribution in [0.1, 0.15) is 21.5 Å². The Morgan fingerprint density at radius 1 is 1.15 bits per heavy atom. The third kappa shape index (κ3) is 8.50. The van der Waals surface area contributed by atoms with E-state index in [1.165, 1.54) is 30.3 Å². The van der Waals surface area contributed by atoms with Crippen LogP contribution < -0.4 is 15.4 Å². The Labute approximate surface area is 190 Å². The number of benzene rings is 2. The smallest absolute Gasteiger partial charge is 0.272 e. The van der Waals surface area contributed by atoms with Crippen molar-refractivity contribution in [1.29, 1.82) is 5.26 Å². The van der Waals surface area contributed by atoms with E-state index in [4.69, 9.17) is 10.00 Å². The van der Waals surface area contributed by atoms with Crippen molar-refractivity contribution in [3.63, 3.8) is 0 Å². The van der Waals surface area contributed by atoms with E-state index in [2.05, 4.69) is 10.6 Å². The van der Waals surface area contributed by atoms with Gasteiger partial charge in [0.05, 0.1) is 17.6 Å². The van der Waals surface area contributed by atoms with Gasteiger partial charge in [-0.3, -0.25) is 9.59 Å². The highest BCUT2D eigenvalue weighted by molar-refractivity contribution is 7.90. The molecule has 0 aliphatic carbocycles. The summed E-state index contributed by atoms with van der Waals surface area (Å²) in [5.74, 6) is -2.90. The Bertz CT molecular complexity index is 1130. The van der Waals surface area contributed by atoms with Crippen LogP contribution in [0, 0.1) is 18.3 Å². The number of carbonyl (C=O) groups excluding carboxylic acids is 2. The summed E-state index contributed by atoms with van der Waals surface area (Å²) >= 11 is 0. The molecule has 0 aliphatic heterocycles. The summed E-state index contributed by atoms with van der Waals surface area (Å²) in [5.41, 5.74) is 1.16. The second kappa shape index (κ2) is 11.9. The summed E-state index contributed by atoms with van der Waals surface area (Å²) in [7, 11) is -4.03. The first-order valence-corrected chi connectivity index (χ1v) is 11.6. The standard InChI is InChI=1S/C22H23F2N3O5S/c1-15-5-4-7-16(11-15)21(28)27-18(22(29)26-10-9-25)14-33(30,31)13-17-6-2-3-8-19(17)32-12-20(23)24/h2-8,11,18,20H,10,12-14H2,1H3,(H,26,29)(H,27,28)/t18-/m0/s1. The normalized spacial score (nSPS) is 12.0. The van der Waals surface area contributed by atoms with Crippen LogP contribution in [-0.2, 0) is 20.4 Å². The van der Waals surface area contributed by atoms with Crippen LogP contribution >= 0.6 is 0 Å². The number of amides is 2. The highest BCUT2D eigenvalue weighted by Gasteiger charge is 2.28. The van der Waals surface area contributed by atoms with Gasteiger partial charge in [0.15, 0.2) is 9.84 Å². The molecule has 0 saturated carbocycles. The number of sulfone groups is 1. The van der Waals surface area contributed by atoms with Gasteiger partial charge in [-0.1, -0.05) is 35.9 Å². The third-order valence-corrected chi connectivity index (χ3v) is 5.97. The fourth-order valence-electron chi connectivity index (χ4n) is 2.93. The molecule has 8 nitrogen and oxygen atoms in total. The van der Waals surface area contributed by atoms with Crippen molar-refractivity contribution in [2.75, 3.05) is 18.9 Å². The Kier molecular flexibility index (Phi) is 9.30. The second-order valence-electron chi connectivity index (χ2n) is 7.14. The van der Waals surface area contributed by atoms with Gasteiger partial charge in [-0.25, -0.2) is 17.2 Å². The lowest BCUT2D eigenvalue weighted by molar-refractivity contribution is -0.122. The summed E-state index contributed by atoms with van der Waals surface area (Å²) in [4.78, 5) is 25.1. The first-order chi connectivity index (χ1) is 15.6. The van der Waals surface area contributed by atoms with Gasteiger partial charge in [-0.2, -0.15) is 5.26 Å². The van der Waals surface area contributed by atoms with E-state index in [9.17, 15) is 26.8 Å². The van der Waals surface area contributed by atoms with Gasteiger partial charge in [-0.05, 0) is 25.1 Å². The lowest BCUT2D eigenvalue weighted by atomic mass is 10.1. The molecule has 2 amide bonds. The lowest BCUT2D eigenvalue weighted by Crippen LogP contribution is -2.50. The second-order valence-corrected chi connectivity index (χ2v) is 9.24. The van der Waals surface area contributed by atoms with E-state index in [-0.39, 0.29) is 23.4 Å². The van der Waals surface area contributed by atoms with Crippen molar-refractivity contribution >= 4 is 21.7 Å². The quantitative estimate of drug-likeness (QED) is 0.475. The summed E-state index contributed by atoms with van der Waals surface area (Å²) < 4.78 is 55.7. The van der Waals surface area contributed by atoms with E-state index in [0.717, 1.165) is 5.56 Å². The molecule has 0 spiro atoms. The van der Waals surface area contributed by atoms with Crippen molar-refractivity contribution in [1.82, 2.24) is 10.6 Å². The predicted octanol–water partition coefficient (Wildman–Crippen LogP) is 1.99. The van der Waals surface area contributed by atoms with Crippen LogP contribution in [0.5, 0.6) is 5.75 Å². The molecule has 176 valence electrons. The first kappa shape index (κ1) is 25.7. The predicted molar refractivity (Wildman–Crippen MR) is 116 cm³/mol. The van der Waals surface area contributed by atoms with Crippen LogP contribution in [-0.4, -0.2) is 51.6 Å². The number of para-hydroxylation sites is 1. The Morgan fingerprint density at radius 3 is 2.55 bits per heavy atom. The van der Waals surface area contributed by atoms with Gasteiger partial charge in [0, 0.05) is 11.1 Å². The minimum Gasteiger partial charge on any atom is -0.487 e. The number of hydrogen-bond acceptors (Lipinski definition) is 6. The number of rotatable bonds is 11. The minimum atomic E-state index is -4.03. The molecule has 2 aromatic rings. The van der Waals surface area contributed by atoms with Crippen molar-refractivity contribution in [3.05, 3.63) is 65.2 Å². The number of aryl methyl sites for hydroxylation is 1. The molecule has 2 N–H and O–H groups in total. The summed E-state index contributed by atoms with van der Waals surface area (Å²) in [5, 5.41) is 13.3. The minimum absolute atomic E-state index is 0.0179. The Hall–Kier alpha value is -3.52. The zero-order valence-corrected chi connectivity index (χ0v) is 18.6. The average Bonchev–Trinajstić information content (AvgIpc) is 2.75. The van der Waals surface area contributed by atoms with Gasteiger partial charge in [0.2, 0.25) is 5.91 Å². The molecule has 0 unspecified atom stereocenters. The fraction of sp³-hybridized carbons (Fsp3) is 0.318. The molecule has 0 bridgehead atoms. The Balaban J connectivity index is 2.21. The van der Waals surface area contributed by atoms with Gasteiger partial charge < -0.3 is 15.4 Å². The highest BCUT2D eigenvalue weighted by atomic mass is 32.2. The first-order valence-electron chi connectivity index (χ1n) is 9.82. The molecule has 0 aliphatic rings. The third-order valence-electron chi connectivity index (χ3n) is 4.38. The molecule has 2 aromatic carbocycles. The molecule has 11 heteroatoms. The summed E-state index contributed by atoms with van der Waals surface area (Å²) in [6.07, 6.45) is -2.74.